The van der Waals surface area contributed by atoms with E-state index in [1.165, 1.54) is 11.8 Å². The van der Waals surface area contributed by atoms with Crippen LogP contribution in [0.5, 0.6) is 0 Å². The number of aromatic nitrogens is 6. The minimum Gasteiger partial charge on any atom is -0.353 e. The van der Waals surface area contributed by atoms with E-state index in [2.05, 4.69) is 39.7 Å². The summed E-state index contributed by atoms with van der Waals surface area (Å²) in [5.41, 5.74) is 0. The lowest BCUT2D eigenvalue weighted by molar-refractivity contribution is -0.123. The van der Waals surface area contributed by atoms with Crippen LogP contribution in [0.4, 0.5) is 0 Å². The van der Waals surface area contributed by atoms with Crippen molar-refractivity contribution in [3.8, 4) is 0 Å². The van der Waals surface area contributed by atoms with Crippen molar-refractivity contribution in [1.29, 1.82) is 0 Å². The largest absolute Gasteiger partial charge is 0.353 e. The third-order valence-corrected chi connectivity index (χ3v) is 4.24. The zero-order valence-corrected chi connectivity index (χ0v) is 14.0. The van der Waals surface area contributed by atoms with Crippen LogP contribution in [0.15, 0.2) is 17.6 Å². The maximum Gasteiger partial charge on any atom is 0.242 e. The summed E-state index contributed by atoms with van der Waals surface area (Å²) in [6.45, 7) is 6.57. The highest BCUT2D eigenvalue weighted by Crippen LogP contribution is 2.17. The minimum atomic E-state index is -0.276. The number of rotatable bonds is 7. The number of thioether (sulfide) groups is 1. The summed E-state index contributed by atoms with van der Waals surface area (Å²) in [4.78, 5) is 16.5. The van der Waals surface area contributed by atoms with Crippen LogP contribution in [0.25, 0.3) is 0 Å². The van der Waals surface area contributed by atoms with Crippen molar-refractivity contribution in [2.24, 2.45) is 7.05 Å². The molecule has 8 nitrogen and oxygen atoms in total. The Balaban J connectivity index is 1.82. The number of carbonyl (C=O) groups is 1. The Morgan fingerprint density at radius 3 is 2.82 bits per heavy atom. The molecular formula is C13H21N7OS. The Morgan fingerprint density at radius 2 is 2.18 bits per heavy atom. The van der Waals surface area contributed by atoms with Gasteiger partial charge in [0.1, 0.15) is 11.9 Å². The number of imidazole rings is 1. The van der Waals surface area contributed by atoms with Gasteiger partial charge in [-0.1, -0.05) is 25.6 Å². The summed E-state index contributed by atoms with van der Waals surface area (Å²) in [6, 6.07) is -0.276. The SMILES string of the molecule is CC(C)c1nccn1C(C)C(=O)NCCSc1nnnn1C. The lowest BCUT2D eigenvalue weighted by atomic mass is 10.2. The van der Waals surface area contributed by atoms with Gasteiger partial charge in [-0.2, -0.15) is 0 Å². The van der Waals surface area contributed by atoms with Gasteiger partial charge in [0.15, 0.2) is 0 Å². The molecule has 0 aliphatic heterocycles. The third kappa shape index (κ3) is 3.85. The van der Waals surface area contributed by atoms with Crippen LogP contribution in [0.3, 0.4) is 0 Å². The predicted molar refractivity (Wildman–Crippen MR) is 83.6 cm³/mol. The van der Waals surface area contributed by atoms with Gasteiger partial charge in [-0.15, -0.1) is 5.10 Å². The molecule has 0 spiro atoms. The molecule has 0 fully saturated rings. The monoisotopic (exact) mass is 323 g/mol. The van der Waals surface area contributed by atoms with E-state index in [1.54, 1.807) is 17.9 Å². The molecule has 120 valence electrons. The van der Waals surface area contributed by atoms with Crippen molar-refractivity contribution in [2.45, 2.75) is 37.9 Å². The molecule has 0 saturated heterocycles. The summed E-state index contributed by atoms with van der Waals surface area (Å²) in [5, 5.41) is 14.9. The first-order valence-corrected chi connectivity index (χ1v) is 8.15. The van der Waals surface area contributed by atoms with Crippen molar-refractivity contribution < 1.29 is 4.79 Å². The first kappa shape index (κ1) is 16.5. The minimum absolute atomic E-state index is 0.0170. The second kappa shape index (κ2) is 7.39. The van der Waals surface area contributed by atoms with Gasteiger partial charge in [0, 0.05) is 37.7 Å². The average Bonchev–Trinajstić information content (AvgIpc) is 3.11. The van der Waals surface area contributed by atoms with Crippen LogP contribution in [-0.4, -0.2) is 48.0 Å². The molecule has 0 saturated carbocycles. The van der Waals surface area contributed by atoms with E-state index in [-0.39, 0.29) is 17.9 Å². The molecule has 2 aromatic rings. The zero-order valence-electron chi connectivity index (χ0n) is 13.2. The summed E-state index contributed by atoms with van der Waals surface area (Å²) in [7, 11) is 1.79. The number of tetrazole rings is 1. The molecule has 1 amide bonds. The number of hydrogen-bond donors (Lipinski definition) is 1. The Morgan fingerprint density at radius 1 is 1.41 bits per heavy atom. The molecule has 1 unspecified atom stereocenters. The number of hydrogen-bond acceptors (Lipinski definition) is 6. The van der Waals surface area contributed by atoms with Crippen LogP contribution in [-0.2, 0) is 11.8 Å². The van der Waals surface area contributed by atoms with E-state index < -0.39 is 0 Å². The van der Waals surface area contributed by atoms with E-state index in [9.17, 15) is 4.79 Å². The highest BCUT2D eigenvalue weighted by atomic mass is 32.2. The Labute approximate surface area is 133 Å². The van der Waals surface area contributed by atoms with Crippen molar-refractivity contribution in [2.75, 3.05) is 12.3 Å². The van der Waals surface area contributed by atoms with E-state index in [1.807, 2.05) is 17.7 Å². The fourth-order valence-electron chi connectivity index (χ4n) is 2.03. The first-order chi connectivity index (χ1) is 10.5. The van der Waals surface area contributed by atoms with E-state index >= 15 is 0 Å². The van der Waals surface area contributed by atoms with Gasteiger partial charge in [0.05, 0.1) is 0 Å². The average molecular weight is 323 g/mol. The highest BCUT2D eigenvalue weighted by molar-refractivity contribution is 7.99. The maximum absolute atomic E-state index is 12.2. The quantitative estimate of drug-likeness (QED) is 0.604. The van der Waals surface area contributed by atoms with Crippen LogP contribution in [0, 0.1) is 0 Å². The van der Waals surface area contributed by atoms with Crippen LogP contribution < -0.4 is 5.32 Å². The van der Waals surface area contributed by atoms with Crippen LogP contribution in [0.1, 0.15) is 38.6 Å². The number of nitrogens with one attached hydrogen (secondary N) is 1. The zero-order chi connectivity index (χ0) is 16.1. The van der Waals surface area contributed by atoms with E-state index in [0.29, 0.717) is 12.3 Å². The van der Waals surface area contributed by atoms with Crippen molar-refractivity contribution in [3.63, 3.8) is 0 Å². The molecule has 22 heavy (non-hydrogen) atoms. The summed E-state index contributed by atoms with van der Waals surface area (Å²) >= 11 is 1.51. The van der Waals surface area contributed by atoms with Gasteiger partial charge in [-0.3, -0.25) is 4.79 Å². The molecule has 0 bridgehead atoms. The van der Waals surface area contributed by atoms with Gasteiger partial charge >= 0.3 is 0 Å². The normalized spacial score (nSPS) is 12.6. The highest BCUT2D eigenvalue weighted by Gasteiger charge is 2.18. The number of nitrogens with zero attached hydrogens (tertiary/aromatic N) is 6. The molecular weight excluding hydrogens is 302 g/mol. The molecule has 0 aliphatic carbocycles. The van der Waals surface area contributed by atoms with Gasteiger partial charge < -0.3 is 9.88 Å². The summed E-state index contributed by atoms with van der Waals surface area (Å²) < 4.78 is 3.52. The first-order valence-electron chi connectivity index (χ1n) is 7.16. The van der Waals surface area contributed by atoms with Gasteiger partial charge in [-0.25, -0.2) is 9.67 Å². The second-order valence-corrected chi connectivity index (χ2v) is 6.31. The van der Waals surface area contributed by atoms with Gasteiger partial charge in [-0.05, 0) is 17.4 Å². The standard InChI is InChI=1S/C13H21N7OS/c1-9(2)11-14-5-7-20(11)10(3)12(21)15-6-8-22-13-16-17-18-19(13)4/h5,7,9-10H,6,8H2,1-4H3,(H,15,21). The van der Waals surface area contributed by atoms with Crippen molar-refractivity contribution >= 4 is 17.7 Å². The van der Waals surface area contributed by atoms with Crippen molar-refractivity contribution in [3.05, 3.63) is 18.2 Å². The molecule has 0 aliphatic rings. The van der Waals surface area contributed by atoms with Crippen LogP contribution >= 0.6 is 11.8 Å². The maximum atomic E-state index is 12.2. The molecule has 0 aromatic carbocycles. The second-order valence-electron chi connectivity index (χ2n) is 5.25. The molecule has 2 heterocycles. The Bertz CT molecular complexity index is 621. The number of aryl methyl sites for hydroxylation is 1. The fraction of sp³-hybridized carbons (Fsp3) is 0.615. The van der Waals surface area contributed by atoms with E-state index in [4.69, 9.17) is 0 Å². The number of carbonyl (C=O) groups excluding carboxylic acids is 1. The summed E-state index contributed by atoms with van der Waals surface area (Å²) in [5.74, 6) is 1.90. The number of amides is 1. The molecule has 0 radical (unpaired) electrons. The Kier molecular flexibility index (Phi) is 5.53. The van der Waals surface area contributed by atoms with Gasteiger partial charge in [0.2, 0.25) is 11.1 Å². The molecule has 2 rings (SSSR count). The van der Waals surface area contributed by atoms with Crippen molar-refractivity contribution in [1.82, 2.24) is 35.1 Å². The third-order valence-electron chi connectivity index (χ3n) is 3.23. The topological polar surface area (TPSA) is 90.5 Å². The molecule has 2 aromatic heterocycles. The molecule has 1 atom stereocenters. The molecule has 9 heteroatoms. The van der Waals surface area contributed by atoms with Gasteiger partial charge in [0.25, 0.3) is 0 Å². The van der Waals surface area contributed by atoms with Crippen LogP contribution in [0.2, 0.25) is 0 Å². The predicted octanol–water partition coefficient (Wildman–Crippen LogP) is 0.999. The van der Waals surface area contributed by atoms with E-state index in [0.717, 1.165) is 11.0 Å². The molecule has 1 N–H and O–H groups in total. The lowest BCUT2D eigenvalue weighted by Gasteiger charge is -2.17. The Hall–Kier alpha value is -1.90. The fourth-order valence-corrected chi connectivity index (χ4v) is 2.74. The summed E-state index contributed by atoms with van der Waals surface area (Å²) in [6.07, 6.45) is 3.58. The lowest BCUT2D eigenvalue weighted by Crippen LogP contribution is -2.33. The smallest absolute Gasteiger partial charge is 0.242 e.